The number of rotatable bonds is 31. The van der Waals surface area contributed by atoms with E-state index in [-0.39, 0.29) is 128 Å². The van der Waals surface area contributed by atoms with E-state index in [2.05, 4.69) is 26.3 Å². The Balaban J connectivity index is 4.92. The summed E-state index contributed by atoms with van der Waals surface area (Å²) >= 11 is 0. The second kappa shape index (κ2) is 27.5. The molecule has 0 aromatic rings. The first kappa shape index (κ1) is 48.9. The van der Waals surface area contributed by atoms with Crippen LogP contribution in [0.5, 0.6) is 0 Å². The number of hydrogen-bond acceptors (Lipinski definition) is 16. The van der Waals surface area contributed by atoms with Crippen molar-refractivity contribution in [1.29, 1.82) is 0 Å². The smallest absolute Gasteiger partial charge is 0.460 e. The molecule has 0 heterocycles. The molecule has 16 nitrogen and oxygen atoms in total. The third-order valence-corrected chi connectivity index (χ3v) is 6.48. The van der Waals surface area contributed by atoms with Gasteiger partial charge in [-0.3, -0.25) is 0 Å². The Kier molecular flexibility index (Phi) is 25.4. The standard InChI is InChI=1S/C37H58O16/c1-27(2)31(38)48-16-11-43-21-36(9,22-44-12-17-49-32(39)28(3)4)23-47-15-20-52-35(42)53-26-37(10,24-45-13-18-50-33(40)29(5)6)25-46-14-19-51-34(41)30(7)8/h1,3,5,7,11-26H2,2,4,6,8-10H3. The molecule has 0 fully saturated rings. The van der Waals surface area contributed by atoms with Crippen molar-refractivity contribution in [3.63, 3.8) is 0 Å². The second-order valence-corrected chi connectivity index (χ2v) is 12.9. The molecule has 302 valence electrons. The normalized spacial score (nSPS) is 11.2. The Morgan fingerprint density at radius 3 is 0.830 bits per heavy atom. The van der Waals surface area contributed by atoms with Crippen LogP contribution in [0.15, 0.2) is 48.6 Å². The molecule has 0 aromatic carbocycles. The summed E-state index contributed by atoms with van der Waals surface area (Å²) in [5.74, 6) is -2.12. The molecule has 0 bridgehead atoms. The maximum atomic E-state index is 12.4. The molecule has 0 saturated carbocycles. The van der Waals surface area contributed by atoms with Gasteiger partial charge in [0, 0.05) is 33.1 Å². The van der Waals surface area contributed by atoms with Crippen LogP contribution in [0.25, 0.3) is 0 Å². The van der Waals surface area contributed by atoms with Gasteiger partial charge in [0.05, 0.1) is 66.1 Å². The van der Waals surface area contributed by atoms with Gasteiger partial charge in [0.15, 0.2) is 0 Å². The Labute approximate surface area is 312 Å². The Hall–Kier alpha value is -4.09. The van der Waals surface area contributed by atoms with Crippen LogP contribution in [0.3, 0.4) is 0 Å². The SMILES string of the molecule is C=C(C)C(=O)OCCOCC(C)(COCCOC(=O)OCC(C)(COCCOC(=O)C(=C)C)COCCOC(=O)C(=C)C)COCCOC(=O)C(=C)C. The number of carbonyl (C=O) groups excluding carboxylic acids is 5. The van der Waals surface area contributed by atoms with Crippen LogP contribution in [0.4, 0.5) is 4.79 Å². The molecule has 16 heteroatoms. The Morgan fingerprint density at radius 1 is 0.358 bits per heavy atom. The van der Waals surface area contributed by atoms with Gasteiger partial charge in [-0.1, -0.05) is 40.2 Å². The van der Waals surface area contributed by atoms with Crippen LogP contribution in [-0.2, 0) is 71.3 Å². The van der Waals surface area contributed by atoms with Crippen LogP contribution < -0.4 is 0 Å². The second-order valence-electron chi connectivity index (χ2n) is 12.9. The number of ether oxygens (including phenoxy) is 11. The molecule has 0 atom stereocenters. The zero-order chi connectivity index (χ0) is 40.3. The lowest BCUT2D eigenvalue weighted by atomic mass is 9.94. The molecule has 0 rings (SSSR count). The summed E-state index contributed by atoms with van der Waals surface area (Å²) in [5.41, 5.74) is -0.449. The molecule has 0 aliphatic heterocycles. The molecular weight excluding hydrogens is 700 g/mol. The van der Waals surface area contributed by atoms with Gasteiger partial charge >= 0.3 is 30.0 Å². The van der Waals surface area contributed by atoms with E-state index < -0.39 is 40.9 Å². The molecule has 0 spiro atoms. The van der Waals surface area contributed by atoms with Crippen molar-refractivity contribution in [2.45, 2.75) is 41.5 Å². The van der Waals surface area contributed by atoms with Gasteiger partial charge in [-0.05, 0) is 27.7 Å². The largest absolute Gasteiger partial charge is 0.508 e. The predicted octanol–water partition coefficient (Wildman–Crippen LogP) is 3.71. The molecule has 0 radical (unpaired) electrons. The first-order valence-electron chi connectivity index (χ1n) is 16.9. The maximum absolute atomic E-state index is 12.4. The molecule has 0 aliphatic carbocycles. The van der Waals surface area contributed by atoms with Gasteiger partial charge in [0.25, 0.3) is 0 Å². The number of hydrogen-bond donors (Lipinski definition) is 0. The van der Waals surface area contributed by atoms with E-state index in [1.807, 2.05) is 6.92 Å². The lowest BCUT2D eigenvalue weighted by molar-refractivity contribution is -0.143. The van der Waals surface area contributed by atoms with Gasteiger partial charge in [-0.25, -0.2) is 24.0 Å². The lowest BCUT2D eigenvalue weighted by Gasteiger charge is -2.29. The molecule has 0 unspecified atom stereocenters. The van der Waals surface area contributed by atoms with Gasteiger partial charge in [0.1, 0.15) is 39.6 Å². The number of esters is 4. The summed E-state index contributed by atoms with van der Waals surface area (Å²) in [5, 5.41) is 0. The third-order valence-electron chi connectivity index (χ3n) is 6.48. The lowest BCUT2D eigenvalue weighted by Crippen LogP contribution is -2.36. The monoisotopic (exact) mass is 758 g/mol. The fraction of sp³-hybridized carbons (Fsp3) is 0.649. The van der Waals surface area contributed by atoms with Crippen molar-refractivity contribution in [3.05, 3.63) is 48.6 Å². The minimum Gasteiger partial charge on any atom is -0.460 e. The van der Waals surface area contributed by atoms with Crippen molar-refractivity contribution < 1.29 is 76.1 Å². The molecule has 53 heavy (non-hydrogen) atoms. The number of carbonyl (C=O) groups is 5. The van der Waals surface area contributed by atoms with E-state index in [9.17, 15) is 24.0 Å². The van der Waals surface area contributed by atoms with E-state index >= 15 is 0 Å². The molecule has 0 N–H and O–H groups in total. The van der Waals surface area contributed by atoms with Gasteiger partial charge < -0.3 is 52.1 Å². The quantitative estimate of drug-likeness (QED) is 0.0431. The Bertz CT molecular complexity index is 1150. The van der Waals surface area contributed by atoms with E-state index in [0.29, 0.717) is 0 Å². The van der Waals surface area contributed by atoms with Gasteiger partial charge in [-0.15, -0.1) is 0 Å². The summed E-state index contributed by atoms with van der Waals surface area (Å²) in [4.78, 5) is 58.8. The van der Waals surface area contributed by atoms with Crippen molar-refractivity contribution in [3.8, 4) is 0 Å². The van der Waals surface area contributed by atoms with Crippen molar-refractivity contribution in [1.82, 2.24) is 0 Å². The maximum Gasteiger partial charge on any atom is 0.508 e. The highest BCUT2D eigenvalue weighted by Gasteiger charge is 2.29. The fourth-order valence-electron chi connectivity index (χ4n) is 3.57. The van der Waals surface area contributed by atoms with E-state index in [1.54, 1.807) is 20.8 Å². The van der Waals surface area contributed by atoms with Crippen LogP contribution in [0.1, 0.15) is 41.5 Å². The molecule has 0 aromatic heterocycles. The minimum atomic E-state index is -0.950. The summed E-state index contributed by atoms with van der Waals surface area (Å²) < 4.78 is 59.1. The van der Waals surface area contributed by atoms with Gasteiger partial charge in [-0.2, -0.15) is 0 Å². The predicted molar refractivity (Wildman–Crippen MR) is 191 cm³/mol. The van der Waals surface area contributed by atoms with Crippen LogP contribution in [0.2, 0.25) is 0 Å². The minimum absolute atomic E-state index is 0.00453. The zero-order valence-corrected chi connectivity index (χ0v) is 32.2. The molecular formula is C37H58O16. The molecule has 0 aliphatic rings. The summed E-state index contributed by atoms with van der Waals surface area (Å²) in [6, 6.07) is 0. The van der Waals surface area contributed by atoms with E-state index in [0.717, 1.165) is 0 Å². The van der Waals surface area contributed by atoms with E-state index in [1.165, 1.54) is 13.8 Å². The highest BCUT2D eigenvalue weighted by atomic mass is 16.7. The van der Waals surface area contributed by atoms with Crippen molar-refractivity contribution in [2.75, 3.05) is 106 Å². The topological polar surface area (TPSA) is 187 Å². The van der Waals surface area contributed by atoms with Crippen LogP contribution in [0, 0.1) is 10.8 Å². The third kappa shape index (κ3) is 25.5. The highest BCUT2D eigenvalue weighted by molar-refractivity contribution is 5.88. The Morgan fingerprint density at radius 2 is 0.585 bits per heavy atom. The zero-order valence-electron chi connectivity index (χ0n) is 32.2. The molecule has 0 amide bonds. The average molecular weight is 759 g/mol. The van der Waals surface area contributed by atoms with Crippen LogP contribution >= 0.6 is 0 Å². The summed E-state index contributed by atoms with van der Waals surface area (Å²) in [6.45, 7) is 24.6. The van der Waals surface area contributed by atoms with E-state index in [4.69, 9.17) is 52.1 Å². The highest BCUT2D eigenvalue weighted by Crippen LogP contribution is 2.20. The van der Waals surface area contributed by atoms with Crippen molar-refractivity contribution in [2.24, 2.45) is 10.8 Å². The average Bonchev–Trinajstić information content (AvgIpc) is 3.09. The summed E-state index contributed by atoms with van der Waals surface area (Å²) in [7, 11) is 0. The first-order valence-corrected chi connectivity index (χ1v) is 16.9. The van der Waals surface area contributed by atoms with Crippen LogP contribution in [-0.4, -0.2) is 136 Å². The molecule has 0 saturated heterocycles. The summed E-state index contributed by atoms with van der Waals surface area (Å²) in [6.07, 6.45) is -0.950. The first-order chi connectivity index (χ1) is 24.9. The van der Waals surface area contributed by atoms with Gasteiger partial charge in [0.2, 0.25) is 0 Å². The van der Waals surface area contributed by atoms with Crippen molar-refractivity contribution >= 4 is 30.0 Å². The fourth-order valence-corrected chi connectivity index (χ4v) is 3.57.